The van der Waals surface area contributed by atoms with E-state index in [1.165, 1.54) is 11.8 Å². The number of hydrogen-bond acceptors (Lipinski definition) is 5. The maximum absolute atomic E-state index is 12.0. The van der Waals surface area contributed by atoms with Gasteiger partial charge in [-0.3, -0.25) is 4.79 Å². The molecule has 1 atom stereocenters. The van der Waals surface area contributed by atoms with Crippen LogP contribution < -0.4 is 5.32 Å². The van der Waals surface area contributed by atoms with Gasteiger partial charge in [0.15, 0.2) is 0 Å². The largest absolute Gasteiger partial charge is 0.444 e. The molecule has 112 valence electrons. The normalized spacial score (nSPS) is 12.7. The average molecular weight is 276 g/mol. The van der Waals surface area contributed by atoms with Gasteiger partial charge in [-0.2, -0.15) is 0 Å². The number of carbonyl (C=O) groups is 2. The lowest BCUT2D eigenvalue weighted by Crippen LogP contribution is -2.49. The smallest absolute Gasteiger partial charge is 0.408 e. The van der Waals surface area contributed by atoms with E-state index in [-0.39, 0.29) is 32.2 Å². The van der Waals surface area contributed by atoms with Gasteiger partial charge in [0.25, 0.3) is 0 Å². The van der Waals surface area contributed by atoms with E-state index in [9.17, 15) is 9.59 Å². The first-order valence-electron chi connectivity index (χ1n) is 6.21. The van der Waals surface area contributed by atoms with Crippen LogP contribution in [0.2, 0.25) is 0 Å². The van der Waals surface area contributed by atoms with Crippen molar-refractivity contribution in [1.82, 2.24) is 10.2 Å². The van der Waals surface area contributed by atoms with E-state index in [2.05, 4.69) is 5.32 Å². The summed E-state index contributed by atoms with van der Waals surface area (Å²) in [5, 5.41) is 20.1. The van der Waals surface area contributed by atoms with Crippen LogP contribution in [0.5, 0.6) is 0 Å². The maximum Gasteiger partial charge on any atom is 0.408 e. The molecule has 0 rings (SSSR count). The third-order valence-electron chi connectivity index (χ3n) is 2.16. The Hall–Kier alpha value is -1.34. The van der Waals surface area contributed by atoms with Gasteiger partial charge in [-0.25, -0.2) is 4.79 Å². The van der Waals surface area contributed by atoms with Crippen molar-refractivity contribution in [2.45, 2.75) is 39.3 Å². The Morgan fingerprint density at radius 2 is 1.68 bits per heavy atom. The van der Waals surface area contributed by atoms with Crippen LogP contribution in [0.15, 0.2) is 0 Å². The lowest BCUT2D eigenvalue weighted by molar-refractivity contribution is -0.134. The summed E-state index contributed by atoms with van der Waals surface area (Å²) < 4.78 is 5.04. The van der Waals surface area contributed by atoms with Gasteiger partial charge in [-0.1, -0.05) is 0 Å². The second kappa shape index (κ2) is 7.96. The number of alkyl carbamates (subject to hydrolysis) is 1. The van der Waals surface area contributed by atoms with E-state index < -0.39 is 17.7 Å². The van der Waals surface area contributed by atoms with Crippen molar-refractivity contribution in [3.05, 3.63) is 0 Å². The quantitative estimate of drug-likeness (QED) is 0.619. The van der Waals surface area contributed by atoms with Crippen molar-refractivity contribution >= 4 is 12.0 Å². The lowest BCUT2D eigenvalue weighted by atomic mass is 10.2. The van der Waals surface area contributed by atoms with Gasteiger partial charge in [0.05, 0.1) is 13.2 Å². The highest BCUT2D eigenvalue weighted by molar-refractivity contribution is 5.85. The van der Waals surface area contributed by atoms with Gasteiger partial charge < -0.3 is 25.2 Å². The SMILES string of the molecule is CC(NC(=O)OC(C)(C)C)C(=O)N(CCO)CCO. The minimum atomic E-state index is -0.784. The summed E-state index contributed by atoms with van der Waals surface area (Å²) in [5.74, 6) is -0.381. The highest BCUT2D eigenvalue weighted by atomic mass is 16.6. The summed E-state index contributed by atoms with van der Waals surface area (Å²) in [7, 11) is 0. The molecule has 0 saturated heterocycles. The van der Waals surface area contributed by atoms with Gasteiger partial charge in [0.2, 0.25) is 5.91 Å². The first-order valence-corrected chi connectivity index (χ1v) is 6.21. The van der Waals surface area contributed by atoms with Crippen LogP contribution >= 0.6 is 0 Å². The topological polar surface area (TPSA) is 99.1 Å². The zero-order chi connectivity index (χ0) is 15.1. The highest BCUT2D eigenvalue weighted by Gasteiger charge is 2.24. The lowest BCUT2D eigenvalue weighted by Gasteiger charge is -2.26. The number of carbonyl (C=O) groups excluding carboxylic acids is 2. The van der Waals surface area contributed by atoms with Crippen LogP contribution in [-0.4, -0.2) is 65.1 Å². The molecule has 7 nitrogen and oxygen atoms in total. The molecule has 0 saturated carbocycles. The molecule has 0 heterocycles. The van der Waals surface area contributed by atoms with E-state index in [4.69, 9.17) is 14.9 Å². The molecule has 0 spiro atoms. The van der Waals surface area contributed by atoms with Gasteiger partial charge in [-0.05, 0) is 27.7 Å². The second-order valence-corrected chi connectivity index (χ2v) is 5.14. The number of rotatable bonds is 6. The molecular weight excluding hydrogens is 252 g/mol. The molecule has 2 amide bonds. The third kappa shape index (κ3) is 7.63. The number of amides is 2. The monoisotopic (exact) mass is 276 g/mol. The van der Waals surface area contributed by atoms with Gasteiger partial charge in [0.1, 0.15) is 11.6 Å². The fourth-order valence-corrected chi connectivity index (χ4v) is 1.39. The Kier molecular flexibility index (Phi) is 7.40. The number of hydrogen-bond donors (Lipinski definition) is 3. The molecule has 0 aromatic heterocycles. The molecule has 0 aliphatic carbocycles. The van der Waals surface area contributed by atoms with Gasteiger partial charge in [0, 0.05) is 13.1 Å². The molecule has 0 aromatic carbocycles. The molecule has 0 fully saturated rings. The number of ether oxygens (including phenoxy) is 1. The summed E-state index contributed by atoms with van der Waals surface area (Å²) >= 11 is 0. The second-order valence-electron chi connectivity index (χ2n) is 5.14. The first kappa shape index (κ1) is 17.7. The van der Waals surface area contributed by atoms with Crippen LogP contribution in [-0.2, 0) is 9.53 Å². The van der Waals surface area contributed by atoms with Crippen LogP contribution in [0.1, 0.15) is 27.7 Å². The standard InChI is InChI=1S/C12H24N2O5/c1-9(13-11(18)19-12(2,3)4)10(17)14(5-7-15)6-8-16/h9,15-16H,5-8H2,1-4H3,(H,13,18). The zero-order valence-corrected chi connectivity index (χ0v) is 12.0. The summed E-state index contributed by atoms with van der Waals surface area (Å²) in [6.45, 7) is 6.51. The first-order chi connectivity index (χ1) is 8.71. The van der Waals surface area contributed by atoms with Crippen molar-refractivity contribution in [2.24, 2.45) is 0 Å². The van der Waals surface area contributed by atoms with Gasteiger partial charge in [-0.15, -0.1) is 0 Å². The zero-order valence-electron chi connectivity index (χ0n) is 12.0. The Balaban J connectivity index is 4.42. The molecular formula is C12H24N2O5. The summed E-state index contributed by atoms with van der Waals surface area (Å²) in [4.78, 5) is 24.7. The predicted octanol–water partition coefficient (Wildman–Crippen LogP) is -0.287. The highest BCUT2D eigenvalue weighted by Crippen LogP contribution is 2.07. The van der Waals surface area contributed by atoms with E-state index in [0.29, 0.717) is 0 Å². The minimum Gasteiger partial charge on any atom is -0.444 e. The van der Waals surface area contributed by atoms with Crippen LogP contribution in [0, 0.1) is 0 Å². The number of aliphatic hydroxyl groups excluding tert-OH is 2. The third-order valence-corrected chi connectivity index (χ3v) is 2.16. The van der Waals surface area contributed by atoms with E-state index in [1.54, 1.807) is 20.8 Å². The Bertz CT molecular complexity index is 295. The summed E-state index contributed by atoms with van der Waals surface area (Å²) in [6.07, 6.45) is -0.679. The Morgan fingerprint density at radius 3 is 2.05 bits per heavy atom. The molecule has 3 N–H and O–H groups in total. The molecule has 7 heteroatoms. The molecule has 0 aliphatic heterocycles. The minimum absolute atomic E-state index is 0.111. The molecule has 0 bridgehead atoms. The van der Waals surface area contributed by atoms with Gasteiger partial charge >= 0.3 is 6.09 Å². The Morgan fingerprint density at radius 1 is 1.21 bits per heavy atom. The molecule has 19 heavy (non-hydrogen) atoms. The number of nitrogens with zero attached hydrogens (tertiary/aromatic N) is 1. The fourth-order valence-electron chi connectivity index (χ4n) is 1.39. The maximum atomic E-state index is 12.0. The van der Waals surface area contributed by atoms with Crippen molar-refractivity contribution in [1.29, 1.82) is 0 Å². The van der Waals surface area contributed by atoms with Crippen LogP contribution in [0.25, 0.3) is 0 Å². The summed E-state index contributed by atoms with van der Waals surface area (Å²) in [5.41, 5.74) is -0.636. The molecule has 1 unspecified atom stereocenters. The van der Waals surface area contributed by atoms with Crippen LogP contribution in [0.4, 0.5) is 4.79 Å². The van der Waals surface area contributed by atoms with Crippen molar-refractivity contribution < 1.29 is 24.5 Å². The predicted molar refractivity (Wildman–Crippen MR) is 69.6 cm³/mol. The van der Waals surface area contributed by atoms with E-state index >= 15 is 0 Å². The number of aliphatic hydroxyl groups is 2. The average Bonchev–Trinajstić information content (AvgIpc) is 2.25. The van der Waals surface area contributed by atoms with Crippen molar-refractivity contribution in [3.63, 3.8) is 0 Å². The van der Waals surface area contributed by atoms with Crippen molar-refractivity contribution in [2.75, 3.05) is 26.3 Å². The number of nitrogens with one attached hydrogen (secondary N) is 1. The van der Waals surface area contributed by atoms with Crippen molar-refractivity contribution in [3.8, 4) is 0 Å². The van der Waals surface area contributed by atoms with E-state index in [1.807, 2.05) is 0 Å². The molecule has 0 aromatic rings. The fraction of sp³-hybridized carbons (Fsp3) is 0.833. The molecule has 0 aliphatic rings. The van der Waals surface area contributed by atoms with Crippen LogP contribution in [0.3, 0.4) is 0 Å². The van der Waals surface area contributed by atoms with E-state index in [0.717, 1.165) is 0 Å². The molecule has 0 radical (unpaired) electrons. The Labute approximate surface area is 113 Å². The summed E-state index contributed by atoms with van der Waals surface area (Å²) in [6, 6.07) is -0.784.